The lowest BCUT2D eigenvalue weighted by Gasteiger charge is -2.12. The van der Waals surface area contributed by atoms with Crippen LogP contribution in [0.2, 0.25) is 0 Å². The average molecular weight is 334 g/mol. The Hall–Kier alpha value is -2.52. The van der Waals surface area contributed by atoms with Crippen LogP contribution in [0.15, 0.2) is 18.2 Å². The third-order valence-electron chi connectivity index (χ3n) is 2.67. The van der Waals surface area contributed by atoms with Crippen LogP contribution >= 0.6 is 0 Å². The molecular weight excluding hydrogens is 317 g/mol. The summed E-state index contributed by atoms with van der Waals surface area (Å²) >= 11 is 0. The van der Waals surface area contributed by atoms with Crippen LogP contribution in [0.5, 0.6) is 0 Å². The third kappa shape index (κ3) is 6.01. The van der Waals surface area contributed by atoms with Gasteiger partial charge in [-0.15, -0.1) is 0 Å². The summed E-state index contributed by atoms with van der Waals surface area (Å²) in [5.74, 6) is 0. The van der Waals surface area contributed by atoms with Crippen molar-refractivity contribution < 1.29 is 22.9 Å². The van der Waals surface area contributed by atoms with E-state index in [2.05, 4.69) is 16.0 Å². The number of rotatable bonds is 6. The molecule has 0 aliphatic rings. The highest BCUT2D eigenvalue weighted by Crippen LogP contribution is 2.34. The number of halogens is 3. The van der Waals surface area contributed by atoms with Gasteiger partial charge in [0.1, 0.15) is 5.69 Å². The van der Waals surface area contributed by atoms with Crippen LogP contribution in [-0.4, -0.2) is 30.1 Å². The molecule has 0 heterocycles. The molecule has 2 amide bonds. The monoisotopic (exact) mass is 334 g/mol. The first kappa shape index (κ1) is 18.5. The van der Waals surface area contributed by atoms with Crippen LogP contribution < -0.4 is 16.0 Å². The van der Waals surface area contributed by atoms with Gasteiger partial charge in [0.05, 0.1) is 10.5 Å². The highest BCUT2D eigenvalue weighted by atomic mass is 19.4. The van der Waals surface area contributed by atoms with E-state index in [9.17, 15) is 28.1 Å². The molecule has 7 nitrogen and oxygen atoms in total. The lowest BCUT2D eigenvalue weighted by molar-refractivity contribution is -0.384. The van der Waals surface area contributed by atoms with Crippen molar-refractivity contribution in [3.05, 3.63) is 33.9 Å². The largest absolute Gasteiger partial charge is 0.416 e. The lowest BCUT2D eigenvalue weighted by Crippen LogP contribution is -2.41. The number of nitrogens with one attached hydrogen (secondary N) is 3. The molecule has 0 aromatic heterocycles. The molecule has 0 radical (unpaired) electrons. The number of benzene rings is 1. The first-order chi connectivity index (χ1) is 10.6. The van der Waals surface area contributed by atoms with E-state index in [0.717, 1.165) is 12.1 Å². The molecule has 10 heteroatoms. The molecule has 1 aromatic carbocycles. The molecule has 0 aliphatic carbocycles. The van der Waals surface area contributed by atoms with Crippen molar-refractivity contribution in [1.29, 1.82) is 0 Å². The smallest absolute Gasteiger partial charge is 0.378 e. The number of urea groups is 1. The van der Waals surface area contributed by atoms with Crippen LogP contribution in [0, 0.1) is 10.1 Å². The van der Waals surface area contributed by atoms with E-state index in [1.165, 1.54) is 0 Å². The highest BCUT2D eigenvalue weighted by molar-refractivity contribution is 5.74. The highest BCUT2D eigenvalue weighted by Gasteiger charge is 2.32. The summed E-state index contributed by atoms with van der Waals surface area (Å²) in [5, 5.41) is 18.6. The van der Waals surface area contributed by atoms with Gasteiger partial charge >= 0.3 is 12.2 Å². The van der Waals surface area contributed by atoms with Crippen LogP contribution in [0.1, 0.15) is 19.4 Å². The fourth-order valence-electron chi connectivity index (χ4n) is 1.69. The van der Waals surface area contributed by atoms with Gasteiger partial charge in [-0.1, -0.05) is 0 Å². The van der Waals surface area contributed by atoms with E-state index < -0.39 is 28.4 Å². The van der Waals surface area contributed by atoms with E-state index in [0.29, 0.717) is 6.07 Å². The summed E-state index contributed by atoms with van der Waals surface area (Å²) in [7, 11) is 0. The number of amides is 2. The Balaban J connectivity index is 2.67. The predicted octanol–water partition coefficient (Wildman–Crippen LogP) is 2.73. The molecule has 1 rings (SSSR count). The van der Waals surface area contributed by atoms with Crippen LogP contribution in [0.25, 0.3) is 0 Å². The number of carbonyl (C=O) groups is 1. The van der Waals surface area contributed by atoms with E-state index in [1.54, 1.807) is 13.8 Å². The summed E-state index contributed by atoms with van der Waals surface area (Å²) in [6, 6.07) is 1.78. The molecule has 0 atom stereocenters. The molecule has 23 heavy (non-hydrogen) atoms. The minimum atomic E-state index is -4.65. The Morgan fingerprint density at radius 1 is 1.30 bits per heavy atom. The Kier molecular flexibility index (Phi) is 6.17. The molecule has 128 valence electrons. The Morgan fingerprint density at radius 2 is 1.96 bits per heavy atom. The normalized spacial score (nSPS) is 11.2. The van der Waals surface area contributed by atoms with Gasteiger partial charge in [-0.3, -0.25) is 10.1 Å². The minimum Gasteiger partial charge on any atom is -0.378 e. The van der Waals surface area contributed by atoms with Crippen LogP contribution in [0.3, 0.4) is 0 Å². The maximum atomic E-state index is 12.6. The Morgan fingerprint density at radius 3 is 2.48 bits per heavy atom. The first-order valence-corrected chi connectivity index (χ1v) is 6.75. The van der Waals surface area contributed by atoms with Crippen molar-refractivity contribution in [2.45, 2.75) is 26.1 Å². The van der Waals surface area contributed by atoms with Crippen molar-refractivity contribution >= 4 is 17.4 Å². The fraction of sp³-hybridized carbons (Fsp3) is 0.462. The van der Waals surface area contributed by atoms with Crippen molar-refractivity contribution in [2.24, 2.45) is 0 Å². The second-order valence-electron chi connectivity index (χ2n) is 4.97. The van der Waals surface area contributed by atoms with Gasteiger partial charge in [-0.2, -0.15) is 13.2 Å². The van der Waals surface area contributed by atoms with Crippen LogP contribution in [-0.2, 0) is 6.18 Å². The zero-order valence-corrected chi connectivity index (χ0v) is 12.5. The number of hydrogen-bond acceptors (Lipinski definition) is 4. The number of nitrogens with zero attached hydrogens (tertiary/aromatic N) is 1. The van der Waals surface area contributed by atoms with Crippen molar-refractivity contribution in [3.63, 3.8) is 0 Å². The standard InChI is InChI=1S/C13H17F3N4O3/c1-8(2)19-12(21)18-6-5-17-10-4-3-9(13(14,15)16)7-11(10)20(22)23/h3-4,7-8,17H,5-6H2,1-2H3,(H2,18,19,21). The van der Waals surface area contributed by atoms with Gasteiger partial charge in [0, 0.05) is 25.2 Å². The topological polar surface area (TPSA) is 96.3 Å². The van der Waals surface area contributed by atoms with Crippen molar-refractivity contribution in [3.8, 4) is 0 Å². The first-order valence-electron chi connectivity index (χ1n) is 6.75. The molecule has 0 saturated heterocycles. The maximum Gasteiger partial charge on any atom is 0.416 e. The average Bonchev–Trinajstić information content (AvgIpc) is 2.41. The second-order valence-corrected chi connectivity index (χ2v) is 4.97. The summed E-state index contributed by atoms with van der Waals surface area (Å²) in [6.07, 6.45) is -4.65. The molecule has 0 saturated carbocycles. The maximum absolute atomic E-state index is 12.6. The molecule has 0 fully saturated rings. The number of nitro benzene ring substituents is 1. The summed E-state index contributed by atoms with van der Waals surface area (Å²) < 4.78 is 37.7. The van der Waals surface area contributed by atoms with Crippen LogP contribution in [0.4, 0.5) is 29.3 Å². The molecule has 0 aliphatic heterocycles. The molecule has 0 spiro atoms. The Labute approximate surface area is 130 Å². The van der Waals surface area contributed by atoms with Gasteiger partial charge < -0.3 is 16.0 Å². The van der Waals surface area contributed by atoms with Gasteiger partial charge in [-0.25, -0.2) is 4.79 Å². The number of anilines is 1. The summed E-state index contributed by atoms with van der Waals surface area (Å²) in [4.78, 5) is 21.3. The van der Waals surface area contributed by atoms with Gasteiger partial charge in [0.25, 0.3) is 5.69 Å². The molecular formula is C13H17F3N4O3. The molecule has 3 N–H and O–H groups in total. The summed E-state index contributed by atoms with van der Waals surface area (Å²) in [6.45, 7) is 3.83. The number of nitro groups is 1. The van der Waals surface area contributed by atoms with E-state index in [-0.39, 0.29) is 24.8 Å². The number of alkyl halides is 3. The quantitative estimate of drug-likeness (QED) is 0.423. The van der Waals surface area contributed by atoms with Crippen molar-refractivity contribution in [2.75, 3.05) is 18.4 Å². The van der Waals surface area contributed by atoms with Gasteiger partial charge in [0.15, 0.2) is 0 Å². The zero-order valence-electron chi connectivity index (χ0n) is 12.5. The fourth-order valence-corrected chi connectivity index (χ4v) is 1.69. The second kappa shape index (κ2) is 7.65. The Bertz CT molecular complexity index is 576. The van der Waals surface area contributed by atoms with Gasteiger partial charge in [-0.05, 0) is 26.0 Å². The SMILES string of the molecule is CC(C)NC(=O)NCCNc1ccc(C(F)(F)F)cc1[N+](=O)[O-]. The molecule has 1 aromatic rings. The minimum absolute atomic E-state index is 0.0426. The van der Waals surface area contributed by atoms with E-state index in [4.69, 9.17) is 0 Å². The summed E-state index contributed by atoms with van der Waals surface area (Å²) in [5.41, 5.74) is -1.82. The molecule has 0 bridgehead atoms. The third-order valence-corrected chi connectivity index (χ3v) is 2.67. The van der Waals surface area contributed by atoms with Gasteiger partial charge in [0.2, 0.25) is 0 Å². The number of hydrogen-bond donors (Lipinski definition) is 3. The predicted molar refractivity (Wildman–Crippen MR) is 78.3 cm³/mol. The molecule has 0 unspecified atom stereocenters. The van der Waals surface area contributed by atoms with E-state index in [1.807, 2.05) is 0 Å². The lowest BCUT2D eigenvalue weighted by atomic mass is 10.1. The van der Waals surface area contributed by atoms with E-state index >= 15 is 0 Å². The van der Waals surface area contributed by atoms with Crippen molar-refractivity contribution in [1.82, 2.24) is 10.6 Å². The zero-order chi connectivity index (χ0) is 17.6. The number of carbonyl (C=O) groups excluding carboxylic acids is 1.